The van der Waals surface area contributed by atoms with Crippen molar-refractivity contribution in [1.29, 1.82) is 0 Å². The van der Waals surface area contributed by atoms with Gasteiger partial charge in [0.25, 0.3) is 0 Å². The van der Waals surface area contributed by atoms with E-state index in [9.17, 15) is 9.59 Å². The molecular weight excluding hydrogens is 517 g/mol. The Hall–Kier alpha value is -0.612. The van der Waals surface area contributed by atoms with Crippen molar-refractivity contribution in [1.82, 2.24) is 0 Å². The SMILES string of the molecule is C=C(C)C(=O)OCC(COCCC[Si](O[Si](C)(C)C)(O[Si](C)(C)C)O[Si](C)(C)C)OC(=O)CCC. The lowest BCUT2D eigenvalue weighted by Gasteiger charge is -2.42. The number of carbonyl (C=O) groups excluding carboxylic acids is 2. The molecule has 0 saturated heterocycles. The summed E-state index contributed by atoms with van der Waals surface area (Å²) in [6, 6.07) is 0.663. The fourth-order valence-electron chi connectivity index (χ4n) is 3.08. The van der Waals surface area contributed by atoms with Gasteiger partial charge in [-0.15, -0.1) is 0 Å². The maximum atomic E-state index is 12.0. The molecule has 0 aliphatic heterocycles. The Labute approximate surface area is 217 Å². The maximum Gasteiger partial charge on any atom is 0.469 e. The largest absolute Gasteiger partial charge is 0.469 e. The first-order valence-electron chi connectivity index (χ1n) is 12.5. The lowest BCUT2D eigenvalue weighted by atomic mass is 10.3. The van der Waals surface area contributed by atoms with Crippen LogP contribution in [-0.2, 0) is 36.1 Å². The van der Waals surface area contributed by atoms with Gasteiger partial charge in [0.1, 0.15) is 6.61 Å². The molecule has 35 heavy (non-hydrogen) atoms. The Bertz CT molecular complexity index is 640. The zero-order valence-corrected chi connectivity index (χ0v) is 28.0. The van der Waals surface area contributed by atoms with Crippen LogP contribution >= 0.6 is 0 Å². The second-order valence-corrected chi connectivity index (χ2v) is 28.7. The van der Waals surface area contributed by atoms with E-state index in [0.29, 0.717) is 31.9 Å². The third-order valence-corrected chi connectivity index (χ3v) is 16.0. The minimum absolute atomic E-state index is 0.0734. The minimum atomic E-state index is -2.92. The molecule has 0 heterocycles. The standard InChI is InChI=1S/C23H50O8Si4/c1-13-15-22(24)28-21(19-27-23(25)20(2)3)18-26-16-14-17-35(29-32(4,5)6,30-33(7,8)9)31-34(10,11)12/h21H,2,13-19H2,1,3-12H3. The van der Waals surface area contributed by atoms with Crippen molar-refractivity contribution in [2.75, 3.05) is 19.8 Å². The van der Waals surface area contributed by atoms with Gasteiger partial charge in [-0.2, -0.15) is 0 Å². The number of rotatable bonds is 18. The van der Waals surface area contributed by atoms with Gasteiger partial charge in [0.15, 0.2) is 31.1 Å². The molecule has 12 heteroatoms. The summed E-state index contributed by atoms with van der Waals surface area (Å²) < 4.78 is 36.5. The van der Waals surface area contributed by atoms with E-state index in [4.69, 9.17) is 26.6 Å². The van der Waals surface area contributed by atoms with E-state index < -0.39 is 45.8 Å². The monoisotopic (exact) mass is 566 g/mol. The van der Waals surface area contributed by atoms with E-state index in [1.807, 2.05) is 6.92 Å². The molecule has 0 radical (unpaired) electrons. The van der Waals surface area contributed by atoms with Crippen LogP contribution in [-0.4, -0.2) is 71.6 Å². The summed E-state index contributed by atoms with van der Waals surface area (Å²) in [5.41, 5.74) is 0.290. The van der Waals surface area contributed by atoms with Gasteiger partial charge in [0, 0.05) is 24.6 Å². The summed E-state index contributed by atoms with van der Waals surface area (Å²) in [6.45, 7) is 27.0. The Morgan fingerprint density at radius 2 is 1.31 bits per heavy atom. The van der Waals surface area contributed by atoms with Gasteiger partial charge in [0.2, 0.25) is 0 Å². The summed E-state index contributed by atoms with van der Waals surface area (Å²) in [5.74, 6) is -0.859. The molecule has 206 valence electrons. The Kier molecular flexibility index (Phi) is 14.7. The van der Waals surface area contributed by atoms with Crippen LogP contribution in [0.25, 0.3) is 0 Å². The molecule has 0 aliphatic rings. The topological polar surface area (TPSA) is 89.5 Å². The van der Waals surface area contributed by atoms with Crippen molar-refractivity contribution in [3.63, 3.8) is 0 Å². The first-order valence-corrected chi connectivity index (χ1v) is 24.6. The number of ether oxygens (including phenoxy) is 3. The summed E-state index contributed by atoms with van der Waals surface area (Å²) in [5, 5.41) is 0. The third-order valence-electron chi connectivity index (χ3n) is 3.96. The van der Waals surface area contributed by atoms with E-state index in [-0.39, 0.29) is 24.8 Å². The van der Waals surface area contributed by atoms with Crippen molar-refractivity contribution >= 4 is 45.7 Å². The average molecular weight is 567 g/mol. The van der Waals surface area contributed by atoms with Crippen LogP contribution in [0.3, 0.4) is 0 Å². The predicted molar refractivity (Wildman–Crippen MR) is 150 cm³/mol. The highest BCUT2D eigenvalue weighted by Crippen LogP contribution is 2.29. The second kappa shape index (κ2) is 15.0. The van der Waals surface area contributed by atoms with E-state index >= 15 is 0 Å². The molecule has 0 rings (SSSR count). The summed E-state index contributed by atoms with van der Waals surface area (Å²) >= 11 is 0. The van der Waals surface area contributed by atoms with E-state index in [0.717, 1.165) is 0 Å². The number of hydrogen-bond donors (Lipinski definition) is 0. The molecule has 0 aromatic rings. The van der Waals surface area contributed by atoms with Gasteiger partial charge in [-0.05, 0) is 78.7 Å². The third kappa shape index (κ3) is 18.3. The molecule has 0 amide bonds. The van der Waals surface area contributed by atoms with E-state index in [1.165, 1.54) is 0 Å². The van der Waals surface area contributed by atoms with E-state index in [2.05, 4.69) is 65.5 Å². The van der Waals surface area contributed by atoms with Crippen LogP contribution in [0, 0.1) is 0 Å². The van der Waals surface area contributed by atoms with Crippen LogP contribution in [0.1, 0.15) is 33.1 Å². The Morgan fingerprint density at radius 3 is 1.71 bits per heavy atom. The molecule has 0 saturated carbocycles. The lowest BCUT2D eigenvalue weighted by Crippen LogP contribution is -2.60. The Balaban J connectivity index is 5.22. The molecule has 8 nitrogen and oxygen atoms in total. The minimum Gasteiger partial charge on any atom is -0.458 e. The average Bonchev–Trinajstić information content (AvgIpc) is 2.60. The zero-order valence-electron chi connectivity index (χ0n) is 24.0. The molecule has 1 unspecified atom stereocenters. The fraction of sp³-hybridized carbons (Fsp3) is 0.826. The van der Waals surface area contributed by atoms with Crippen LogP contribution in [0.4, 0.5) is 0 Å². The van der Waals surface area contributed by atoms with Crippen molar-refractivity contribution in [3.05, 3.63) is 12.2 Å². The normalized spacial score (nSPS) is 13.9. The second-order valence-electron chi connectivity index (χ2n) is 11.7. The van der Waals surface area contributed by atoms with Gasteiger partial charge < -0.3 is 26.6 Å². The van der Waals surface area contributed by atoms with Crippen molar-refractivity contribution in [2.24, 2.45) is 0 Å². The Morgan fingerprint density at radius 1 is 0.829 bits per heavy atom. The molecule has 0 spiro atoms. The zero-order chi connectivity index (χ0) is 27.5. The van der Waals surface area contributed by atoms with Crippen LogP contribution < -0.4 is 0 Å². The highest BCUT2D eigenvalue weighted by Gasteiger charge is 2.49. The fourth-order valence-corrected chi connectivity index (χ4v) is 17.7. The first-order chi connectivity index (χ1) is 15.8. The van der Waals surface area contributed by atoms with Gasteiger partial charge in [-0.1, -0.05) is 13.5 Å². The quantitative estimate of drug-likeness (QED) is 0.0901. The lowest BCUT2D eigenvalue weighted by molar-refractivity contribution is -0.161. The molecule has 0 bridgehead atoms. The molecule has 0 N–H and O–H groups in total. The molecule has 0 aromatic heterocycles. The molecule has 1 atom stereocenters. The van der Waals surface area contributed by atoms with Crippen molar-refractivity contribution < 1.29 is 36.1 Å². The van der Waals surface area contributed by atoms with Crippen molar-refractivity contribution in [2.45, 2.75) is 104 Å². The van der Waals surface area contributed by atoms with Gasteiger partial charge in [-0.25, -0.2) is 4.79 Å². The van der Waals surface area contributed by atoms with Gasteiger partial charge >= 0.3 is 20.7 Å². The smallest absolute Gasteiger partial charge is 0.458 e. The molecule has 0 aliphatic carbocycles. The molecule has 0 fully saturated rings. The number of carbonyl (C=O) groups is 2. The highest BCUT2D eigenvalue weighted by molar-refractivity contribution is 6.90. The highest BCUT2D eigenvalue weighted by atomic mass is 28.5. The van der Waals surface area contributed by atoms with Crippen LogP contribution in [0.15, 0.2) is 12.2 Å². The first kappa shape index (κ1) is 34.4. The maximum absolute atomic E-state index is 12.0. The van der Waals surface area contributed by atoms with E-state index in [1.54, 1.807) is 6.92 Å². The molecule has 0 aromatic carbocycles. The van der Waals surface area contributed by atoms with Crippen LogP contribution in [0.5, 0.6) is 0 Å². The molecular formula is C23H50O8Si4. The number of hydrogen-bond acceptors (Lipinski definition) is 8. The van der Waals surface area contributed by atoms with Crippen molar-refractivity contribution in [3.8, 4) is 0 Å². The van der Waals surface area contributed by atoms with Gasteiger partial charge in [-0.3, -0.25) is 4.79 Å². The predicted octanol–water partition coefficient (Wildman–Crippen LogP) is 5.72. The van der Waals surface area contributed by atoms with Gasteiger partial charge in [0.05, 0.1) is 6.61 Å². The number of esters is 2. The van der Waals surface area contributed by atoms with Crippen LogP contribution in [0.2, 0.25) is 65.0 Å². The summed E-state index contributed by atoms with van der Waals surface area (Å²) in [4.78, 5) is 23.7. The summed E-state index contributed by atoms with van der Waals surface area (Å²) in [7, 11) is -8.72. The summed E-state index contributed by atoms with van der Waals surface area (Å²) in [6.07, 6.45) is 0.992.